The lowest BCUT2D eigenvalue weighted by Crippen LogP contribution is -2.20. The minimum atomic E-state index is -0.0687. The Bertz CT molecular complexity index is 551. The van der Waals surface area contributed by atoms with Gasteiger partial charge in [-0.05, 0) is 30.8 Å². The lowest BCUT2D eigenvalue weighted by atomic mass is 10.2. The monoisotopic (exact) mass is 249 g/mol. The van der Waals surface area contributed by atoms with Gasteiger partial charge in [0.2, 0.25) is 0 Å². The van der Waals surface area contributed by atoms with E-state index in [2.05, 4.69) is 12.2 Å². The maximum atomic E-state index is 11.2. The van der Waals surface area contributed by atoms with Crippen molar-refractivity contribution in [1.82, 2.24) is 5.32 Å². The van der Waals surface area contributed by atoms with Crippen molar-refractivity contribution < 1.29 is 15.4 Å². The summed E-state index contributed by atoms with van der Waals surface area (Å²) < 4.78 is 11.0. The molecular formula is C14H19NO3. The van der Waals surface area contributed by atoms with Gasteiger partial charge in [-0.15, -0.1) is 0 Å². The summed E-state index contributed by atoms with van der Waals surface area (Å²) in [6.45, 7) is 5.92. The molecule has 0 aliphatic heterocycles. The number of hydrogen-bond donors (Lipinski definition) is 1. The number of Topliss-reactive ketones (excluding diaryl/α,β-unsaturated/α-hetero) is 1. The van der Waals surface area contributed by atoms with Crippen molar-refractivity contribution >= 4 is 16.8 Å². The Morgan fingerprint density at radius 2 is 2.28 bits per heavy atom. The van der Waals surface area contributed by atoms with Gasteiger partial charge in [0.25, 0.3) is 0 Å². The number of ketones is 1. The molecule has 4 heteroatoms. The Hall–Kier alpha value is -1.81. The van der Waals surface area contributed by atoms with Crippen LogP contribution in [0.1, 0.15) is 25.8 Å². The fourth-order valence-corrected chi connectivity index (χ4v) is 1.70. The number of carbonyl (C=O) groups is 1. The molecule has 2 rings (SSSR count). The van der Waals surface area contributed by atoms with E-state index in [-0.39, 0.29) is 7.21 Å². The van der Waals surface area contributed by atoms with Gasteiger partial charge < -0.3 is 14.5 Å². The molecule has 0 fully saturated rings. The molecule has 2 aromatic rings. The molecule has 0 radical (unpaired) electrons. The molecular weight excluding hydrogens is 230 g/mol. The number of likely N-dealkylation sites (N-methyl/N-ethyl adjacent to an activating group) is 1. The third kappa shape index (κ3) is 2.90. The highest BCUT2D eigenvalue weighted by Gasteiger charge is 2.08. The van der Waals surface area contributed by atoms with Gasteiger partial charge in [0, 0.05) is 20.3 Å². The second-order valence-corrected chi connectivity index (χ2v) is 4.07. The van der Waals surface area contributed by atoms with Crippen LogP contribution in [0.2, 0.25) is 0 Å². The molecule has 18 heavy (non-hydrogen) atoms. The summed E-state index contributed by atoms with van der Waals surface area (Å²) in [6, 6.07) is 7.30. The van der Waals surface area contributed by atoms with E-state index in [1.807, 2.05) is 18.2 Å². The van der Waals surface area contributed by atoms with Crippen molar-refractivity contribution in [3.8, 4) is 5.75 Å². The van der Waals surface area contributed by atoms with Crippen LogP contribution < -0.4 is 10.1 Å². The lowest BCUT2D eigenvalue weighted by Gasteiger charge is -2.05. The summed E-state index contributed by atoms with van der Waals surface area (Å²) in [6.07, 6.45) is 0. The van der Waals surface area contributed by atoms with Crippen molar-refractivity contribution in [2.75, 3.05) is 19.7 Å². The van der Waals surface area contributed by atoms with Crippen molar-refractivity contribution in [2.45, 2.75) is 13.8 Å². The zero-order valence-electron chi connectivity index (χ0n) is 10.7. The third-order valence-corrected chi connectivity index (χ3v) is 2.63. The van der Waals surface area contributed by atoms with Gasteiger partial charge in [-0.1, -0.05) is 6.92 Å². The normalized spacial score (nSPS) is 10.8. The van der Waals surface area contributed by atoms with Gasteiger partial charge in [0.1, 0.15) is 17.9 Å². The summed E-state index contributed by atoms with van der Waals surface area (Å²) in [5.74, 6) is 1.10. The number of carbonyl (C=O) groups excluding carboxylic acids is 1. The molecule has 98 valence electrons. The first-order chi connectivity index (χ1) is 8.70. The molecule has 1 aromatic carbocycles. The Kier molecular flexibility index (Phi) is 3.99. The smallest absolute Gasteiger partial charge is 0.194 e. The molecule has 1 heterocycles. The van der Waals surface area contributed by atoms with Crippen molar-refractivity contribution in [2.24, 2.45) is 0 Å². The highest BCUT2D eigenvalue weighted by atomic mass is 16.5. The second-order valence-electron chi connectivity index (χ2n) is 4.07. The van der Waals surface area contributed by atoms with Crippen LogP contribution >= 0.6 is 0 Å². The topological polar surface area (TPSA) is 51.5 Å². The zero-order valence-corrected chi connectivity index (χ0v) is 10.7. The van der Waals surface area contributed by atoms with Crippen LogP contribution in [-0.2, 0) is 0 Å². The van der Waals surface area contributed by atoms with E-state index < -0.39 is 0 Å². The Morgan fingerprint density at radius 3 is 3.00 bits per heavy atom. The van der Waals surface area contributed by atoms with Crippen molar-refractivity contribution in [3.63, 3.8) is 0 Å². The average molecular weight is 249 g/mol. The molecule has 0 unspecified atom stereocenters. The fraction of sp³-hybridized carbons (Fsp3) is 0.357. The second kappa shape index (κ2) is 5.69. The van der Waals surface area contributed by atoms with E-state index >= 15 is 0 Å². The number of benzene rings is 1. The van der Waals surface area contributed by atoms with E-state index in [0.717, 1.165) is 24.2 Å². The van der Waals surface area contributed by atoms with E-state index in [9.17, 15) is 4.79 Å². The minimum Gasteiger partial charge on any atom is -0.492 e. The number of furan rings is 1. The molecule has 0 saturated carbocycles. The average Bonchev–Trinajstić information content (AvgIpc) is 2.78. The van der Waals surface area contributed by atoms with Gasteiger partial charge in [0.15, 0.2) is 11.5 Å². The molecule has 1 aromatic heterocycles. The molecule has 0 saturated heterocycles. The van der Waals surface area contributed by atoms with Crippen LogP contribution in [-0.4, -0.2) is 25.5 Å². The highest BCUT2D eigenvalue weighted by Crippen LogP contribution is 2.24. The summed E-state index contributed by atoms with van der Waals surface area (Å²) in [5.41, 5.74) is 0.708. The largest absolute Gasteiger partial charge is 0.492 e. The number of hydrogen-bond acceptors (Lipinski definition) is 4. The predicted molar refractivity (Wildman–Crippen MR) is 72.4 cm³/mol. The predicted octanol–water partition coefficient (Wildman–Crippen LogP) is 2.87. The molecule has 0 spiro atoms. The number of rotatable bonds is 6. The van der Waals surface area contributed by atoms with Gasteiger partial charge >= 0.3 is 0 Å². The van der Waals surface area contributed by atoms with Crippen LogP contribution in [0, 0.1) is 0 Å². The summed E-state index contributed by atoms with van der Waals surface area (Å²) in [4.78, 5) is 11.2. The van der Waals surface area contributed by atoms with Crippen LogP contribution in [0.25, 0.3) is 11.0 Å². The Labute approximate surface area is 107 Å². The molecule has 0 amide bonds. The minimum absolute atomic E-state index is 0. The molecule has 0 atom stereocenters. The van der Waals surface area contributed by atoms with Crippen LogP contribution in [0.15, 0.2) is 28.7 Å². The number of nitrogens with one attached hydrogen (secondary N) is 1. The lowest BCUT2D eigenvalue weighted by molar-refractivity contribution is 0.0989. The Balaban J connectivity index is 0.00000180. The van der Waals surface area contributed by atoms with E-state index in [1.54, 1.807) is 6.07 Å². The molecule has 4 nitrogen and oxygen atoms in total. The maximum Gasteiger partial charge on any atom is 0.194 e. The first-order valence-electron chi connectivity index (χ1n) is 6.08. The fourth-order valence-electron chi connectivity index (χ4n) is 1.70. The molecule has 0 bridgehead atoms. The zero-order chi connectivity index (χ0) is 13.0. The highest BCUT2D eigenvalue weighted by molar-refractivity contribution is 5.96. The molecule has 0 aliphatic carbocycles. The number of ether oxygens (including phenoxy) is 1. The van der Waals surface area contributed by atoms with Crippen LogP contribution in [0.3, 0.4) is 0 Å². The van der Waals surface area contributed by atoms with Gasteiger partial charge in [-0.25, -0.2) is 0 Å². The van der Waals surface area contributed by atoms with Gasteiger partial charge in [-0.3, -0.25) is 4.79 Å². The van der Waals surface area contributed by atoms with Crippen LogP contribution in [0.4, 0.5) is 0 Å². The quantitative estimate of drug-likeness (QED) is 0.631. The summed E-state index contributed by atoms with van der Waals surface area (Å²) >= 11 is 0. The summed E-state index contributed by atoms with van der Waals surface area (Å²) in [7, 11) is 0. The first kappa shape index (κ1) is 12.6. The standard InChI is InChI=1S/C14H17NO3.H2/c1-3-15-6-7-17-12-4-5-13-11(8-12)9-14(18-13)10(2)16;/h4-5,8-9,15H,3,6-7H2,1-2H3;1H. The number of fused-ring (bicyclic) bond motifs is 1. The Morgan fingerprint density at radius 1 is 1.44 bits per heavy atom. The van der Waals surface area contributed by atoms with Crippen molar-refractivity contribution in [1.29, 1.82) is 0 Å². The third-order valence-electron chi connectivity index (χ3n) is 2.63. The van der Waals surface area contributed by atoms with Gasteiger partial charge in [-0.2, -0.15) is 0 Å². The maximum absolute atomic E-state index is 11.2. The SMILES string of the molecule is CCNCCOc1ccc2oc(C(C)=O)cc2c1.[HH]. The van der Waals surface area contributed by atoms with E-state index in [0.29, 0.717) is 18.0 Å². The molecule has 0 aliphatic rings. The molecule has 1 N–H and O–H groups in total. The summed E-state index contributed by atoms with van der Waals surface area (Å²) in [5, 5.41) is 4.08. The first-order valence-corrected chi connectivity index (χ1v) is 6.08. The van der Waals surface area contributed by atoms with E-state index in [1.165, 1.54) is 6.92 Å². The van der Waals surface area contributed by atoms with Crippen molar-refractivity contribution in [3.05, 3.63) is 30.0 Å². The van der Waals surface area contributed by atoms with Gasteiger partial charge in [0.05, 0.1) is 0 Å². The van der Waals surface area contributed by atoms with Crippen LogP contribution in [0.5, 0.6) is 5.75 Å². The van der Waals surface area contributed by atoms with E-state index in [4.69, 9.17) is 9.15 Å².